The molecule has 1 radical (unpaired) electrons. The van der Waals surface area contributed by atoms with Gasteiger partial charge in [0, 0.05) is 0 Å². The number of halogens is 2. The minimum Gasteiger partial charge on any atom is -0.321 e. The zero-order valence-corrected chi connectivity index (χ0v) is 4.64. The van der Waals surface area contributed by atoms with E-state index in [1.165, 1.54) is 12.2 Å². The predicted octanol–water partition coefficient (Wildman–Crippen LogP) is 1.24. The molecule has 0 aromatic carbocycles. The van der Waals surface area contributed by atoms with E-state index in [9.17, 15) is 8.78 Å². The van der Waals surface area contributed by atoms with Crippen molar-refractivity contribution in [3.63, 3.8) is 0 Å². The van der Waals surface area contributed by atoms with Crippen LogP contribution in [0.1, 0.15) is 0 Å². The lowest BCUT2D eigenvalue weighted by atomic mass is 10.1. The lowest BCUT2D eigenvalue weighted by molar-refractivity contribution is 0.413. The highest BCUT2D eigenvalue weighted by atomic mass is 19.2. The van der Waals surface area contributed by atoms with Crippen molar-refractivity contribution in [1.29, 1.82) is 0 Å². The molecule has 0 spiro atoms. The average molecular weight is 130 g/mol. The number of rotatable bonds is 0. The van der Waals surface area contributed by atoms with Crippen molar-refractivity contribution < 1.29 is 8.78 Å². The maximum atomic E-state index is 12.3. The first kappa shape index (κ1) is 6.42. The van der Waals surface area contributed by atoms with Gasteiger partial charge in [-0.3, -0.25) is 0 Å². The van der Waals surface area contributed by atoms with Crippen LogP contribution in [-0.2, 0) is 0 Å². The molecule has 1 nitrogen and oxygen atoms in total. The van der Waals surface area contributed by atoms with Gasteiger partial charge >= 0.3 is 0 Å². The van der Waals surface area contributed by atoms with Crippen molar-refractivity contribution in [2.24, 2.45) is 5.73 Å². The van der Waals surface area contributed by atoms with Gasteiger partial charge in [0.1, 0.15) is 5.83 Å². The van der Waals surface area contributed by atoms with Gasteiger partial charge < -0.3 is 5.73 Å². The van der Waals surface area contributed by atoms with Gasteiger partial charge in [-0.2, -0.15) is 0 Å². The van der Waals surface area contributed by atoms with Crippen LogP contribution in [0.2, 0.25) is 0 Å². The van der Waals surface area contributed by atoms with Gasteiger partial charge in [0.2, 0.25) is 6.17 Å². The number of hydrogen-bond acceptors (Lipinski definition) is 1. The minimum absolute atomic E-state index is 0.870. The molecule has 1 rings (SSSR count). The van der Waals surface area contributed by atoms with Gasteiger partial charge in [-0.25, -0.2) is 8.78 Å². The van der Waals surface area contributed by atoms with Crippen LogP contribution in [0.5, 0.6) is 0 Å². The first-order chi connectivity index (χ1) is 4.22. The molecule has 49 valence electrons. The Morgan fingerprint density at radius 3 is 2.56 bits per heavy atom. The van der Waals surface area contributed by atoms with Crippen LogP contribution in [0.4, 0.5) is 8.78 Å². The van der Waals surface area contributed by atoms with Crippen molar-refractivity contribution in [2.45, 2.75) is 6.04 Å². The Bertz CT molecular complexity index is 162. The second kappa shape index (κ2) is 2.27. The summed E-state index contributed by atoms with van der Waals surface area (Å²) in [5, 5.41) is 0. The van der Waals surface area contributed by atoms with Crippen molar-refractivity contribution in [3.8, 4) is 0 Å². The standard InChI is InChI=1S/C6H6F2N/c7-4-2-1-3-5(9)6(4)8/h1-3,5H,9H2. The largest absolute Gasteiger partial charge is 0.321 e. The van der Waals surface area contributed by atoms with E-state index >= 15 is 0 Å². The van der Waals surface area contributed by atoms with Gasteiger partial charge in [-0.1, -0.05) is 12.2 Å². The summed E-state index contributed by atoms with van der Waals surface area (Å²) >= 11 is 0. The van der Waals surface area contributed by atoms with Gasteiger partial charge in [-0.15, -0.1) is 0 Å². The summed E-state index contributed by atoms with van der Waals surface area (Å²) in [7, 11) is 0. The van der Waals surface area contributed by atoms with Crippen molar-refractivity contribution in [3.05, 3.63) is 30.2 Å². The van der Waals surface area contributed by atoms with Gasteiger partial charge in [0.15, 0.2) is 0 Å². The van der Waals surface area contributed by atoms with E-state index in [-0.39, 0.29) is 0 Å². The Morgan fingerprint density at radius 2 is 2.11 bits per heavy atom. The van der Waals surface area contributed by atoms with E-state index in [0.717, 1.165) is 6.08 Å². The summed E-state index contributed by atoms with van der Waals surface area (Å²) in [6.07, 6.45) is 2.93. The third-order valence-electron chi connectivity index (χ3n) is 1.08. The molecule has 0 fully saturated rings. The smallest absolute Gasteiger partial charge is 0.222 e. The zero-order chi connectivity index (χ0) is 6.85. The summed E-state index contributed by atoms with van der Waals surface area (Å²) in [6.45, 7) is 0. The molecule has 1 aliphatic carbocycles. The monoisotopic (exact) mass is 130 g/mol. The van der Waals surface area contributed by atoms with Crippen molar-refractivity contribution in [2.75, 3.05) is 0 Å². The summed E-state index contributed by atoms with van der Waals surface area (Å²) < 4.78 is 24.4. The molecule has 0 aromatic rings. The van der Waals surface area contributed by atoms with E-state index in [4.69, 9.17) is 5.73 Å². The van der Waals surface area contributed by atoms with Gasteiger partial charge in [0.25, 0.3) is 0 Å². The Labute approximate surface area is 51.8 Å². The fraction of sp³-hybridized carbons (Fsp3) is 0.167. The third kappa shape index (κ3) is 1.16. The van der Waals surface area contributed by atoms with Gasteiger partial charge in [-0.05, 0) is 6.08 Å². The van der Waals surface area contributed by atoms with E-state index in [0.29, 0.717) is 0 Å². The van der Waals surface area contributed by atoms with Crippen molar-refractivity contribution >= 4 is 0 Å². The summed E-state index contributed by atoms with van der Waals surface area (Å²) in [5.41, 5.74) is 5.09. The second-order valence-corrected chi connectivity index (χ2v) is 1.77. The average Bonchev–Trinajstić information content (AvgIpc) is 1.83. The predicted molar refractivity (Wildman–Crippen MR) is 30.7 cm³/mol. The lowest BCUT2D eigenvalue weighted by Gasteiger charge is -2.11. The topological polar surface area (TPSA) is 26.0 Å². The Kier molecular flexibility index (Phi) is 1.62. The van der Waals surface area contributed by atoms with E-state index in [2.05, 4.69) is 0 Å². The molecule has 3 heteroatoms. The van der Waals surface area contributed by atoms with Crippen LogP contribution in [0.25, 0.3) is 0 Å². The van der Waals surface area contributed by atoms with Crippen LogP contribution in [0.15, 0.2) is 24.1 Å². The minimum atomic E-state index is -0.894. The SMILES string of the molecule is NC1C=CC=C(F)[C]1F. The lowest BCUT2D eigenvalue weighted by Crippen LogP contribution is -2.25. The Hall–Kier alpha value is -0.700. The molecule has 1 unspecified atom stereocenters. The first-order valence-electron chi connectivity index (χ1n) is 2.54. The molecule has 0 aromatic heterocycles. The maximum Gasteiger partial charge on any atom is 0.222 e. The summed E-state index contributed by atoms with van der Waals surface area (Å²) in [5.74, 6) is -0.870. The van der Waals surface area contributed by atoms with Crippen LogP contribution < -0.4 is 5.73 Å². The quantitative estimate of drug-likeness (QED) is 0.524. The van der Waals surface area contributed by atoms with E-state index < -0.39 is 18.0 Å². The van der Waals surface area contributed by atoms with Gasteiger partial charge in [0.05, 0.1) is 6.04 Å². The van der Waals surface area contributed by atoms with Crippen LogP contribution in [-0.4, -0.2) is 6.04 Å². The van der Waals surface area contributed by atoms with E-state index in [1.54, 1.807) is 0 Å². The number of nitrogens with two attached hydrogens (primary N) is 1. The Morgan fingerprint density at radius 1 is 1.44 bits per heavy atom. The molecular formula is C6H6F2N. The molecule has 2 N–H and O–H groups in total. The molecule has 0 bridgehead atoms. The summed E-state index contributed by atoms with van der Waals surface area (Å²) in [4.78, 5) is 0. The van der Waals surface area contributed by atoms with Crippen LogP contribution >= 0.6 is 0 Å². The third-order valence-corrected chi connectivity index (χ3v) is 1.08. The summed E-state index contributed by atoms with van der Waals surface area (Å²) in [6, 6.07) is -0.894. The maximum absolute atomic E-state index is 12.3. The fourth-order valence-corrected chi connectivity index (χ4v) is 0.583. The van der Waals surface area contributed by atoms with Crippen LogP contribution in [0, 0.1) is 6.17 Å². The molecule has 9 heavy (non-hydrogen) atoms. The number of allylic oxidation sites excluding steroid dienone is 2. The van der Waals surface area contributed by atoms with E-state index in [1.807, 2.05) is 0 Å². The molecule has 1 aliphatic rings. The molecule has 0 saturated carbocycles. The highest BCUT2D eigenvalue weighted by molar-refractivity contribution is 5.30. The molecule has 1 atom stereocenters. The van der Waals surface area contributed by atoms with Crippen LogP contribution in [0.3, 0.4) is 0 Å². The highest BCUT2D eigenvalue weighted by Gasteiger charge is 2.22. The molecular weight excluding hydrogens is 124 g/mol. The van der Waals surface area contributed by atoms with Crippen molar-refractivity contribution in [1.82, 2.24) is 0 Å². The molecule has 0 saturated heterocycles. The molecule has 0 aliphatic heterocycles. The molecule has 0 heterocycles. The first-order valence-corrected chi connectivity index (χ1v) is 2.54. The Balaban J connectivity index is 2.73. The fourth-order valence-electron chi connectivity index (χ4n) is 0.583. The second-order valence-electron chi connectivity index (χ2n) is 1.77. The zero-order valence-electron chi connectivity index (χ0n) is 4.64. The molecule has 0 amide bonds. The normalized spacial score (nSPS) is 28.3. The highest BCUT2D eigenvalue weighted by Crippen LogP contribution is 2.23. The number of hydrogen-bond donors (Lipinski definition) is 1.